The second-order valence-electron chi connectivity index (χ2n) is 7.10. The summed E-state index contributed by atoms with van der Waals surface area (Å²) in [6.45, 7) is 3.44. The number of aromatic nitrogens is 1. The van der Waals surface area contributed by atoms with Gasteiger partial charge in [-0.05, 0) is 24.1 Å². The number of amides is 2. The van der Waals surface area contributed by atoms with Gasteiger partial charge in [-0.2, -0.15) is 0 Å². The Bertz CT molecular complexity index is 912. The summed E-state index contributed by atoms with van der Waals surface area (Å²) >= 11 is 15.0. The average Bonchev–Trinajstić information content (AvgIpc) is 3.22. The van der Waals surface area contributed by atoms with Crippen LogP contribution in [0.5, 0.6) is 0 Å². The molecule has 3 rings (SSSR count). The molecule has 0 saturated carbocycles. The summed E-state index contributed by atoms with van der Waals surface area (Å²) in [7, 11) is 0. The zero-order chi connectivity index (χ0) is 22.2. The predicted octanol–water partition coefficient (Wildman–Crippen LogP) is 3.44. The highest BCUT2D eigenvalue weighted by atomic mass is 35.5. The Labute approximate surface area is 199 Å². The fraction of sp³-hybridized carbons (Fsp3) is 0.450. The Morgan fingerprint density at radius 3 is 2.94 bits per heavy atom. The van der Waals surface area contributed by atoms with Gasteiger partial charge in [-0.3, -0.25) is 14.5 Å². The lowest BCUT2D eigenvalue weighted by Gasteiger charge is -2.33. The summed E-state index contributed by atoms with van der Waals surface area (Å²) in [6, 6.07) is 5.66. The Hall–Kier alpha value is -1.36. The second-order valence-corrected chi connectivity index (χ2v) is 10.1. The minimum absolute atomic E-state index is 0.00257. The summed E-state index contributed by atoms with van der Waals surface area (Å²) in [5.41, 5.74) is 6.57. The van der Waals surface area contributed by atoms with E-state index < -0.39 is 5.91 Å². The molecule has 1 aromatic carbocycles. The Morgan fingerprint density at radius 1 is 1.35 bits per heavy atom. The van der Waals surface area contributed by atoms with Crippen LogP contribution in [0, 0.1) is 0 Å². The highest BCUT2D eigenvalue weighted by molar-refractivity contribution is 8.01. The molecule has 168 valence electrons. The molecule has 2 aromatic rings. The number of nitrogens with two attached hydrogens (primary N) is 1. The van der Waals surface area contributed by atoms with E-state index in [9.17, 15) is 9.59 Å². The van der Waals surface area contributed by atoms with Crippen LogP contribution in [-0.2, 0) is 16.1 Å². The van der Waals surface area contributed by atoms with E-state index in [4.69, 9.17) is 33.7 Å². The first kappa shape index (κ1) is 24.3. The van der Waals surface area contributed by atoms with Crippen molar-refractivity contribution in [2.45, 2.75) is 29.8 Å². The van der Waals surface area contributed by atoms with Gasteiger partial charge in [0.25, 0.3) is 5.91 Å². The smallest absolute Gasteiger partial charge is 0.268 e. The number of rotatable bonds is 10. The molecule has 0 aliphatic carbocycles. The number of thioether (sulfide) groups is 1. The molecule has 0 spiro atoms. The van der Waals surface area contributed by atoms with Crippen molar-refractivity contribution in [3.63, 3.8) is 0 Å². The SMILES string of the molecule is NC(=O)c1csc(SCCCC(=O)NCC2CN(Cc3ccc(Cl)c(Cl)c3)CCO2)n1. The molecule has 1 atom stereocenters. The van der Waals surface area contributed by atoms with Gasteiger partial charge in [0.05, 0.1) is 22.8 Å². The lowest BCUT2D eigenvalue weighted by Crippen LogP contribution is -2.47. The van der Waals surface area contributed by atoms with E-state index in [2.05, 4.69) is 15.2 Å². The van der Waals surface area contributed by atoms with Crippen LogP contribution in [-0.4, -0.2) is 59.8 Å². The van der Waals surface area contributed by atoms with Gasteiger partial charge < -0.3 is 15.8 Å². The quantitative estimate of drug-likeness (QED) is 0.381. The van der Waals surface area contributed by atoms with Crippen molar-refractivity contribution in [1.82, 2.24) is 15.2 Å². The molecule has 1 unspecified atom stereocenters. The molecule has 31 heavy (non-hydrogen) atoms. The number of carbonyl (C=O) groups excluding carboxylic acids is 2. The molecule has 1 aromatic heterocycles. The Balaban J connectivity index is 1.32. The first-order valence-electron chi connectivity index (χ1n) is 9.83. The zero-order valence-electron chi connectivity index (χ0n) is 16.8. The molecule has 1 saturated heterocycles. The summed E-state index contributed by atoms with van der Waals surface area (Å²) < 4.78 is 6.58. The molecular weight excluding hydrogens is 479 g/mol. The molecule has 7 nitrogen and oxygen atoms in total. The maximum Gasteiger partial charge on any atom is 0.268 e. The van der Waals surface area contributed by atoms with Crippen LogP contribution in [0.1, 0.15) is 28.9 Å². The zero-order valence-corrected chi connectivity index (χ0v) is 20.0. The minimum Gasteiger partial charge on any atom is -0.374 e. The van der Waals surface area contributed by atoms with E-state index in [0.29, 0.717) is 29.6 Å². The molecule has 3 N–H and O–H groups in total. The van der Waals surface area contributed by atoms with Gasteiger partial charge in [0.1, 0.15) is 5.69 Å². The van der Waals surface area contributed by atoms with Gasteiger partial charge in [0.15, 0.2) is 4.34 Å². The molecule has 0 radical (unpaired) electrons. The van der Waals surface area contributed by atoms with Crippen LogP contribution in [0.4, 0.5) is 0 Å². The topological polar surface area (TPSA) is 97.5 Å². The second kappa shape index (κ2) is 12.0. The van der Waals surface area contributed by atoms with Crippen LogP contribution in [0.25, 0.3) is 0 Å². The minimum atomic E-state index is -0.525. The number of thiazole rings is 1. The molecule has 2 amide bonds. The largest absolute Gasteiger partial charge is 0.374 e. The Kier molecular flexibility index (Phi) is 9.43. The Morgan fingerprint density at radius 2 is 2.19 bits per heavy atom. The van der Waals surface area contributed by atoms with Crippen molar-refractivity contribution in [3.8, 4) is 0 Å². The first-order chi connectivity index (χ1) is 14.9. The van der Waals surface area contributed by atoms with Crippen molar-refractivity contribution in [1.29, 1.82) is 0 Å². The maximum absolute atomic E-state index is 12.1. The van der Waals surface area contributed by atoms with Crippen LogP contribution >= 0.6 is 46.3 Å². The highest BCUT2D eigenvalue weighted by Crippen LogP contribution is 2.24. The summed E-state index contributed by atoms with van der Waals surface area (Å²) in [5.74, 6) is 0.224. The third-order valence-corrected chi connectivity index (χ3v) is 7.50. The third-order valence-electron chi connectivity index (χ3n) is 4.65. The number of ether oxygens (including phenoxy) is 1. The monoisotopic (exact) mass is 502 g/mol. The van der Waals surface area contributed by atoms with Crippen molar-refractivity contribution in [2.24, 2.45) is 5.73 Å². The van der Waals surface area contributed by atoms with Crippen molar-refractivity contribution in [3.05, 3.63) is 44.9 Å². The molecular formula is C20H24Cl2N4O3S2. The van der Waals surface area contributed by atoms with E-state index in [0.717, 1.165) is 41.7 Å². The van der Waals surface area contributed by atoms with Crippen LogP contribution in [0.3, 0.4) is 0 Å². The number of nitrogens with zero attached hydrogens (tertiary/aromatic N) is 2. The molecule has 2 heterocycles. The van der Waals surface area contributed by atoms with E-state index in [1.165, 1.54) is 23.1 Å². The predicted molar refractivity (Wildman–Crippen MR) is 125 cm³/mol. The lowest BCUT2D eigenvalue weighted by molar-refractivity contribution is -0.122. The summed E-state index contributed by atoms with van der Waals surface area (Å²) in [5, 5.41) is 5.71. The molecule has 0 bridgehead atoms. The standard InChI is InChI=1S/C20H24Cl2N4O3S2/c21-15-4-3-13(8-16(15)22)10-26-5-6-29-14(11-26)9-24-18(27)2-1-7-30-20-25-17(12-31-20)19(23)28/h3-4,8,12,14H,1-2,5-7,9-11H2,(H2,23,28)(H,24,27). The summed E-state index contributed by atoms with van der Waals surface area (Å²) in [6.07, 6.45) is 1.11. The average molecular weight is 503 g/mol. The number of nitrogens with one attached hydrogen (secondary N) is 1. The fourth-order valence-corrected chi connectivity index (χ4v) is 5.23. The van der Waals surface area contributed by atoms with Crippen LogP contribution in [0.15, 0.2) is 27.9 Å². The van der Waals surface area contributed by atoms with E-state index in [-0.39, 0.29) is 17.7 Å². The van der Waals surface area contributed by atoms with E-state index in [1.54, 1.807) is 11.4 Å². The van der Waals surface area contributed by atoms with Crippen molar-refractivity contribution >= 4 is 58.1 Å². The van der Waals surface area contributed by atoms with Gasteiger partial charge in [-0.25, -0.2) is 4.98 Å². The number of benzene rings is 1. The number of primary amides is 1. The van der Waals surface area contributed by atoms with Crippen LogP contribution in [0.2, 0.25) is 10.0 Å². The van der Waals surface area contributed by atoms with E-state index in [1.807, 2.05) is 12.1 Å². The molecule has 1 aliphatic heterocycles. The maximum atomic E-state index is 12.1. The number of hydrogen-bond acceptors (Lipinski definition) is 7. The number of halogens is 2. The van der Waals surface area contributed by atoms with Gasteiger partial charge >= 0.3 is 0 Å². The third kappa shape index (κ3) is 7.93. The van der Waals surface area contributed by atoms with Gasteiger partial charge in [0, 0.05) is 43.7 Å². The number of carbonyl (C=O) groups is 2. The van der Waals surface area contributed by atoms with Crippen molar-refractivity contribution < 1.29 is 14.3 Å². The lowest BCUT2D eigenvalue weighted by atomic mass is 10.2. The molecule has 1 aliphatic rings. The number of hydrogen-bond donors (Lipinski definition) is 2. The molecule has 11 heteroatoms. The first-order valence-corrected chi connectivity index (χ1v) is 12.5. The van der Waals surface area contributed by atoms with Gasteiger partial charge in [-0.15, -0.1) is 11.3 Å². The van der Waals surface area contributed by atoms with Gasteiger partial charge in [-0.1, -0.05) is 41.0 Å². The fourth-order valence-electron chi connectivity index (χ4n) is 3.09. The van der Waals surface area contributed by atoms with Crippen LogP contribution < -0.4 is 11.1 Å². The molecule has 1 fully saturated rings. The van der Waals surface area contributed by atoms with Gasteiger partial charge in [0.2, 0.25) is 5.91 Å². The normalized spacial score (nSPS) is 16.9. The van der Waals surface area contributed by atoms with Crippen molar-refractivity contribution in [2.75, 3.05) is 32.0 Å². The van der Waals surface area contributed by atoms with E-state index >= 15 is 0 Å². The number of morpholine rings is 1. The summed E-state index contributed by atoms with van der Waals surface area (Å²) in [4.78, 5) is 29.6. The highest BCUT2D eigenvalue weighted by Gasteiger charge is 2.21.